The van der Waals surface area contributed by atoms with E-state index >= 15 is 0 Å². The van der Waals surface area contributed by atoms with Gasteiger partial charge in [0.2, 0.25) is 0 Å². The van der Waals surface area contributed by atoms with Gasteiger partial charge in [0.25, 0.3) is 0 Å². The number of hydrogen-bond donors (Lipinski definition) is 0. The minimum Gasteiger partial charge on any atom is -0.414 e. The quantitative estimate of drug-likeness (QED) is 0.405. The highest BCUT2D eigenvalue weighted by Crippen LogP contribution is 2.61. The summed E-state index contributed by atoms with van der Waals surface area (Å²) in [5, 5.41) is 0. The van der Waals surface area contributed by atoms with Crippen molar-refractivity contribution in [2.45, 2.75) is 136 Å². The zero-order chi connectivity index (χ0) is 21.7. The lowest BCUT2D eigenvalue weighted by atomic mass is 9.48. The molecule has 0 amide bonds. The second-order valence-electron chi connectivity index (χ2n) is 13.7. The van der Waals surface area contributed by atoms with Gasteiger partial charge >= 0.3 is 0 Å². The van der Waals surface area contributed by atoms with Gasteiger partial charge in [-0.2, -0.15) is 0 Å². The Labute approximate surface area is 189 Å². The molecule has 4 aliphatic carbocycles. The van der Waals surface area contributed by atoms with Gasteiger partial charge in [-0.3, -0.25) is 0 Å². The Morgan fingerprint density at radius 2 is 1.37 bits per heavy atom. The summed E-state index contributed by atoms with van der Waals surface area (Å²) < 4.78 is 7.38. The molecule has 0 saturated heterocycles. The van der Waals surface area contributed by atoms with E-state index in [4.69, 9.17) is 4.43 Å². The summed E-state index contributed by atoms with van der Waals surface area (Å²) in [7, 11) is -1.63. The molecule has 0 radical (unpaired) electrons. The molecule has 0 heterocycles. The van der Waals surface area contributed by atoms with Crippen LogP contribution in [0.15, 0.2) is 0 Å². The smallest absolute Gasteiger partial charge is 0.190 e. The molecule has 0 spiro atoms. The predicted octanol–water partition coefficient (Wildman–Crippen LogP) is 8.84. The molecule has 4 rings (SSSR count). The average molecular weight is 433 g/mol. The highest BCUT2D eigenvalue weighted by Gasteiger charge is 2.55. The average Bonchev–Trinajstić information content (AvgIpc) is 2.69. The summed E-state index contributed by atoms with van der Waals surface area (Å²) in [5.41, 5.74) is 1.84. The fourth-order valence-corrected chi connectivity index (χ4v) is 12.2. The third kappa shape index (κ3) is 4.11. The molecule has 0 N–H and O–H groups in total. The maximum Gasteiger partial charge on any atom is 0.190 e. The van der Waals surface area contributed by atoms with Crippen molar-refractivity contribution in [3.05, 3.63) is 0 Å². The summed E-state index contributed by atoms with van der Waals surface area (Å²) in [6, 6.07) is 0. The summed E-state index contributed by atoms with van der Waals surface area (Å²) in [5.74, 6) is 4.49. The molecule has 0 aromatic carbocycles. The third-order valence-corrected chi connectivity index (χ3v) is 14.8. The minimum atomic E-state index is -1.63. The predicted molar refractivity (Wildman–Crippen MR) is 132 cm³/mol. The van der Waals surface area contributed by atoms with Crippen molar-refractivity contribution in [2.24, 2.45) is 40.4 Å². The second kappa shape index (κ2) is 8.51. The van der Waals surface area contributed by atoms with Crippen LogP contribution in [-0.2, 0) is 4.43 Å². The number of fused-ring (bicyclic) bond motifs is 3. The van der Waals surface area contributed by atoms with E-state index in [1.54, 1.807) is 0 Å². The van der Waals surface area contributed by atoms with Crippen LogP contribution in [0, 0.1) is 40.4 Å². The zero-order valence-electron chi connectivity index (χ0n) is 21.4. The highest BCUT2D eigenvalue weighted by atomic mass is 28.4. The molecular formula is C28H52OSi. The zero-order valence-corrected chi connectivity index (χ0v) is 22.4. The lowest BCUT2D eigenvalue weighted by Gasteiger charge is -2.59. The van der Waals surface area contributed by atoms with Gasteiger partial charge in [0.15, 0.2) is 8.32 Å². The Balaban J connectivity index is 1.59. The van der Waals surface area contributed by atoms with Crippen LogP contribution in [0.1, 0.15) is 112 Å². The molecule has 4 aliphatic rings. The molecule has 30 heavy (non-hydrogen) atoms. The molecule has 1 nitrogen and oxygen atoms in total. The maximum atomic E-state index is 7.38. The van der Waals surface area contributed by atoms with E-state index in [0.717, 1.165) is 35.1 Å². The summed E-state index contributed by atoms with van der Waals surface area (Å²) in [4.78, 5) is 0. The first-order valence-electron chi connectivity index (χ1n) is 13.7. The lowest BCUT2D eigenvalue weighted by Crippen LogP contribution is -2.55. The number of rotatable bonds is 3. The summed E-state index contributed by atoms with van der Waals surface area (Å²) in [6.07, 6.45) is 17.7. The van der Waals surface area contributed by atoms with Gasteiger partial charge in [0.05, 0.1) is 6.10 Å². The van der Waals surface area contributed by atoms with Crippen molar-refractivity contribution < 1.29 is 4.43 Å². The Bertz CT molecular complexity index is 591. The van der Waals surface area contributed by atoms with Gasteiger partial charge in [-0.15, -0.1) is 0 Å². The maximum absolute atomic E-state index is 7.38. The SMILES string of the molecule is C[C@@H]1CCC(O[Si](C)(C)C2CCCCC2)[C@@]2(C)CC[C@H]3[C@H](C)CC[C@@H](C[C@H]12)C3(C)C. The standard InChI is InChI=1S/C28H52OSi/c1-20-13-15-22-19-25-21(2)14-16-26(28(25,5)18-17-24(20)27(22,3)4)29-30(6,7)23-11-9-8-10-12-23/h20-26H,8-19H2,1-7H3/t20-,21-,22+,24+,25-,26?,28+/m1/s1. The Morgan fingerprint density at radius 1 is 0.733 bits per heavy atom. The van der Waals surface area contributed by atoms with Gasteiger partial charge in [-0.1, -0.05) is 73.1 Å². The first kappa shape index (κ1) is 23.3. The first-order chi connectivity index (χ1) is 14.1. The molecule has 0 aliphatic heterocycles. The minimum absolute atomic E-state index is 0.403. The largest absolute Gasteiger partial charge is 0.414 e. The van der Waals surface area contributed by atoms with Gasteiger partial charge < -0.3 is 4.43 Å². The van der Waals surface area contributed by atoms with Crippen LogP contribution in [0.25, 0.3) is 0 Å². The van der Waals surface area contributed by atoms with Crippen LogP contribution in [-0.4, -0.2) is 14.4 Å². The van der Waals surface area contributed by atoms with Gasteiger partial charge in [-0.25, -0.2) is 0 Å². The first-order valence-corrected chi connectivity index (χ1v) is 16.7. The molecule has 7 atom stereocenters. The second-order valence-corrected chi connectivity index (χ2v) is 17.9. The normalized spacial score (nSPS) is 45.3. The molecule has 0 aromatic heterocycles. The topological polar surface area (TPSA) is 9.23 Å². The van der Waals surface area contributed by atoms with E-state index in [9.17, 15) is 0 Å². The van der Waals surface area contributed by atoms with Crippen molar-refractivity contribution in [1.29, 1.82) is 0 Å². The Kier molecular flexibility index (Phi) is 6.62. The molecule has 1 unspecified atom stereocenters. The van der Waals surface area contributed by atoms with Crippen molar-refractivity contribution >= 4 is 8.32 Å². The van der Waals surface area contributed by atoms with Gasteiger partial charge in [0.1, 0.15) is 0 Å². The van der Waals surface area contributed by atoms with Crippen LogP contribution in [0.5, 0.6) is 0 Å². The monoisotopic (exact) mass is 432 g/mol. The number of hydrogen-bond acceptors (Lipinski definition) is 1. The van der Waals surface area contributed by atoms with Crippen LogP contribution in [0.3, 0.4) is 0 Å². The van der Waals surface area contributed by atoms with Crippen molar-refractivity contribution in [3.63, 3.8) is 0 Å². The van der Waals surface area contributed by atoms with E-state index in [0.29, 0.717) is 16.9 Å². The Morgan fingerprint density at radius 3 is 2.07 bits per heavy atom. The van der Waals surface area contributed by atoms with Crippen molar-refractivity contribution in [3.8, 4) is 0 Å². The molecular weight excluding hydrogens is 380 g/mol. The van der Waals surface area contributed by atoms with E-state index < -0.39 is 8.32 Å². The van der Waals surface area contributed by atoms with Crippen LogP contribution < -0.4 is 0 Å². The van der Waals surface area contributed by atoms with Crippen LogP contribution in [0.4, 0.5) is 0 Å². The van der Waals surface area contributed by atoms with Crippen molar-refractivity contribution in [1.82, 2.24) is 0 Å². The Hall–Kier alpha value is 0.177. The van der Waals surface area contributed by atoms with Crippen LogP contribution >= 0.6 is 0 Å². The van der Waals surface area contributed by atoms with Crippen molar-refractivity contribution in [2.75, 3.05) is 0 Å². The molecule has 2 heteroatoms. The van der Waals surface area contributed by atoms with E-state index in [1.165, 1.54) is 77.0 Å². The highest BCUT2D eigenvalue weighted by molar-refractivity contribution is 6.72. The fraction of sp³-hybridized carbons (Fsp3) is 1.00. The summed E-state index contributed by atoms with van der Waals surface area (Å²) >= 11 is 0. The summed E-state index contributed by atoms with van der Waals surface area (Å²) in [6.45, 7) is 18.2. The van der Waals surface area contributed by atoms with Crippen LogP contribution in [0.2, 0.25) is 18.6 Å². The van der Waals surface area contributed by atoms with E-state index in [-0.39, 0.29) is 0 Å². The third-order valence-electron chi connectivity index (χ3n) is 11.4. The molecule has 0 aromatic rings. The molecule has 174 valence electrons. The van der Waals surface area contributed by atoms with E-state index in [2.05, 4.69) is 47.7 Å². The lowest BCUT2D eigenvalue weighted by molar-refractivity contribution is -0.116. The molecule has 4 saturated carbocycles. The molecule has 2 bridgehead atoms. The van der Waals surface area contributed by atoms with Gasteiger partial charge in [0, 0.05) is 0 Å². The molecule has 4 fully saturated rings. The van der Waals surface area contributed by atoms with Gasteiger partial charge in [-0.05, 0) is 97.6 Å². The fourth-order valence-electron chi connectivity index (χ4n) is 9.06. The van der Waals surface area contributed by atoms with E-state index in [1.807, 2.05) is 0 Å².